The van der Waals surface area contributed by atoms with Gasteiger partial charge in [-0.3, -0.25) is 9.59 Å². The molecule has 7 nitrogen and oxygen atoms in total. The van der Waals surface area contributed by atoms with Gasteiger partial charge in [0.15, 0.2) is 5.60 Å². The first-order chi connectivity index (χ1) is 11.1. The summed E-state index contributed by atoms with van der Waals surface area (Å²) in [7, 11) is 0. The molecule has 1 saturated heterocycles. The molecule has 2 unspecified atom stereocenters. The number of nitrogens with zero attached hydrogens (tertiary/aromatic N) is 1. The molecule has 1 aliphatic rings. The van der Waals surface area contributed by atoms with E-state index in [1.54, 1.807) is 0 Å². The summed E-state index contributed by atoms with van der Waals surface area (Å²) in [6, 6.07) is 2.75. The van der Waals surface area contributed by atoms with Crippen LogP contribution in [-0.4, -0.2) is 46.7 Å². The van der Waals surface area contributed by atoms with Crippen molar-refractivity contribution in [3.63, 3.8) is 0 Å². The van der Waals surface area contributed by atoms with Crippen molar-refractivity contribution in [2.45, 2.75) is 18.9 Å². The largest absolute Gasteiger partial charge is 0.479 e. The summed E-state index contributed by atoms with van der Waals surface area (Å²) < 4.78 is 26.7. The predicted molar refractivity (Wildman–Crippen MR) is 78.1 cm³/mol. The number of amides is 2. The summed E-state index contributed by atoms with van der Waals surface area (Å²) in [5, 5.41) is 20.6. The highest BCUT2D eigenvalue weighted by atomic mass is 19.1. The van der Waals surface area contributed by atoms with Crippen LogP contribution >= 0.6 is 0 Å². The number of rotatable bonds is 5. The SMILES string of the molecule is CC(O)(CNC(=O)C1CC(=O)N(c2ccc(F)cc2F)C1)C(=O)O. The zero-order chi connectivity index (χ0) is 18.1. The summed E-state index contributed by atoms with van der Waals surface area (Å²) >= 11 is 0. The standard InChI is InChI=1S/C15H16F2N2O5/c1-15(24,14(22)23)7-18-13(21)8-4-12(20)19(6-8)11-3-2-9(16)5-10(11)17/h2-3,5,8,24H,4,6-7H2,1H3,(H,18,21)(H,22,23). The van der Waals surface area contributed by atoms with Crippen LogP contribution in [0, 0.1) is 17.6 Å². The number of carboxylic acid groups (broad SMARTS) is 1. The highest BCUT2D eigenvalue weighted by Crippen LogP contribution is 2.28. The molecule has 3 N–H and O–H groups in total. The van der Waals surface area contributed by atoms with E-state index < -0.39 is 47.5 Å². The molecule has 2 rings (SSSR count). The van der Waals surface area contributed by atoms with Gasteiger partial charge in [-0.25, -0.2) is 13.6 Å². The van der Waals surface area contributed by atoms with Crippen LogP contribution in [0.3, 0.4) is 0 Å². The maximum absolute atomic E-state index is 13.8. The second kappa shape index (κ2) is 6.52. The van der Waals surface area contributed by atoms with Crippen molar-refractivity contribution >= 4 is 23.5 Å². The maximum atomic E-state index is 13.8. The molecule has 0 bridgehead atoms. The van der Waals surface area contributed by atoms with Crippen molar-refractivity contribution in [1.82, 2.24) is 5.32 Å². The molecule has 1 fully saturated rings. The van der Waals surface area contributed by atoms with Crippen LogP contribution in [0.4, 0.5) is 14.5 Å². The van der Waals surface area contributed by atoms with Crippen molar-refractivity contribution in [2.24, 2.45) is 5.92 Å². The fourth-order valence-electron chi connectivity index (χ4n) is 2.30. The maximum Gasteiger partial charge on any atom is 0.337 e. The smallest absolute Gasteiger partial charge is 0.337 e. The van der Waals surface area contributed by atoms with Crippen LogP contribution in [0.1, 0.15) is 13.3 Å². The van der Waals surface area contributed by atoms with Gasteiger partial charge in [0.25, 0.3) is 0 Å². The van der Waals surface area contributed by atoms with E-state index in [4.69, 9.17) is 5.11 Å². The number of anilines is 1. The van der Waals surface area contributed by atoms with Crippen molar-refractivity contribution in [1.29, 1.82) is 0 Å². The van der Waals surface area contributed by atoms with Gasteiger partial charge < -0.3 is 20.4 Å². The number of benzene rings is 1. The molecule has 2 atom stereocenters. The average Bonchev–Trinajstić information content (AvgIpc) is 2.86. The van der Waals surface area contributed by atoms with E-state index in [0.29, 0.717) is 6.07 Å². The summed E-state index contributed by atoms with van der Waals surface area (Å²) in [5.74, 6) is -5.17. The molecule has 9 heteroatoms. The van der Waals surface area contributed by atoms with Crippen LogP contribution in [-0.2, 0) is 14.4 Å². The lowest BCUT2D eigenvalue weighted by Crippen LogP contribution is -2.48. The highest BCUT2D eigenvalue weighted by Gasteiger charge is 2.38. The van der Waals surface area contributed by atoms with E-state index in [1.165, 1.54) is 0 Å². The second-order valence-electron chi connectivity index (χ2n) is 5.80. The first kappa shape index (κ1) is 17.8. The summed E-state index contributed by atoms with van der Waals surface area (Å²) in [5.41, 5.74) is -2.27. The zero-order valence-electron chi connectivity index (χ0n) is 12.8. The monoisotopic (exact) mass is 342 g/mol. The third kappa shape index (κ3) is 3.67. The Labute approximate surface area is 135 Å². The lowest BCUT2D eigenvalue weighted by Gasteiger charge is -2.20. The fraction of sp³-hybridized carbons (Fsp3) is 0.400. The molecule has 130 valence electrons. The quantitative estimate of drug-likeness (QED) is 0.712. The molecular weight excluding hydrogens is 326 g/mol. The molecule has 1 aromatic carbocycles. The lowest BCUT2D eigenvalue weighted by atomic mass is 10.1. The summed E-state index contributed by atoms with van der Waals surface area (Å²) in [6.07, 6.45) is -0.197. The van der Waals surface area contributed by atoms with E-state index >= 15 is 0 Å². The molecule has 1 aliphatic heterocycles. The molecule has 24 heavy (non-hydrogen) atoms. The van der Waals surface area contributed by atoms with Crippen molar-refractivity contribution in [3.8, 4) is 0 Å². The van der Waals surface area contributed by atoms with Crippen molar-refractivity contribution in [2.75, 3.05) is 18.0 Å². The fourth-order valence-corrected chi connectivity index (χ4v) is 2.30. The number of nitrogens with one attached hydrogen (secondary N) is 1. The summed E-state index contributed by atoms with van der Waals surface area (Å²) in [4.78, 5) is 35.8. The van der Waals surface area contributed by atoms with Crippen LogP contribution < -0.4 is 10.2 Å². The first-order valence-corrected chi connectivity index (χ1v) is 7.10. The van der Waals surface area contributed by atoms with E-state index in [0.717, 1.165) is 24.0 Å². The van der Waals surface area contributed by atoms with E-state index in [1.807, 2.05) is 0 Å². The third-order valence-electron chi connectivity index (χ3n) is 3.76. The molecule has 0 saturated carbocycles. The minimum absolute atomic E-state index is 0.123. The zero-order valence-corrected chi connectivity index (χ0v) is 12.8. The van der Waals surface area contributed by atoms with Gasteiger partial charge in [-0.05, 0) is 19.1 Å². The number of carboxylic acids is 1. The Morgan fingerprint density at radius 1 is 1.42 bits per heavy atom. The molecule has 0 aliphatic carbocycles. The molecule has 1 aromatic rings. The Morgan fingerprint density at radius 3 is 2.67 bits per heavy atom. The number of aliphatic hydroxyl groups is 1. The van der Waals surface area contributed by atoms with Gasteiger partial charge in [0.2, 0.25) is 11.8 Å². The van der Waals surface area contributed by atoms with Gasteiger partial charge >= 0.3 is 5.97 Å². The molecule has 0 aromatic heterocycles. The van der Waals surface area contributed by atoms with Crippen LogP contribution in [0.5, 0.6) is 0 Å². The first-order valence-electron chi connectivity index (χ1n) is 7.10. The molecule has 0 radical (unpaired) electrons. The number of hydrogen-bond acceptors (Lipinski definition) is 4. The Kier molecular flexibility index (Phi) is 4.83. The molecule has 0 spiro atoms. The minimum atomic E-state index is -2.14. The van der Waals surface area contributed by atoms with Crippen LogP contribution in [0.25, 0.3) is 0 Å². The normalized spacial score (nSPS) is 19.9. The Hall–Kier alpha value is -2.55. The number of carbonyl (C=O) groups is 3. The summed E-state index contributed by atoms with van der Waals surface area (Å²) in [6.45, 7) is 0.370. The number of hydrogen-bond donors (Lipinski definition) is 3. The Morgan fingerprint density at radius 2 is 2.08 bits per heavy atom. The van der Waals surface area contributed by atoms with E-state index in [2.05, 4.69) is 5.32 Å². The number of halogens is 2. The predicted octanol–water partition coefficient (Wildman–Crippen LogP) is 0.269. The van der Waals surface area contributed by atoms with Gasteiger partial charge in [0.05, 0.1) is 18.2 Å². The molecular formula is C15H16F2N2O5. The molecule has 1 heterocycles. The number of carbonyl (C=O) groups excluding carboxylic acids is 2. The second-order valence-corrected chi connectivity index (χ2v) is 5.80. The van der Waals surface area contributed by atoms with Gasteiger partial charge in [-0.1, -0.05) is 0 Å². The topological polar surface area (TPSA) is 107 Å². The van der Waals surface area contributed by atoms with Gasteiger partial charge in [-0.2, -0.15) is 0 Å². The van der Waals surface area contributed by atoms with E-state index in [-0.39, 0.29) is 18.7 Å². The number of aliphatic carboxylic acids is 1. The highest BCUT2D eigenvalue weighted by molar-refractivity contribution is 6.00. The van der Waals surface area contributed by atoms with Gasteiger partial charge in [0, 0.05) is 19.0 Å². The minimum Gasteiger partial charge on any atom is -0.479 e. The van der Waals surface area contributed by atoms with Crippen molar-refractivity contribution in [3.05, 3.63) is 29.8 Å². The van der Waals surface area contributed by atoms with Gasteiger partial charge in [-0.15, -0.1) is 0 Å². The van der Waals surface area contributed by atoms with Crippen LogP contribution in [0.15, 0.2) is 18.2 Å². The Bertz CT molecular complexity index is 692. The average molecular weight is 342 g/mol. The molecule has 2 amide bonds. The van der Waals surface area contributed by atoms with Crippen LogP contribution in [0.2, 0.25) is 0 Å². The third-order valence-corrected chi connectivity index (χ3v) is 3.76. The van der Waals surface area contributed by atoms with Crippen molar-refractivity contribution < 1.29 is 33.4 Å². The lowest BCUT2D eigenvalue weighted by molar-refractivity contribution is -0.156. The Balaban J connectivity index is 2.04. The van der Waals surface area contributed by atoms with E-state index in [9.17, 15) is 28.3 Å². The van der Waals surface area contributed by atoms with Gasteiger partial charge in [0.1, 0.15) is 11.6 Å².